The maximum absolute atomic E-state index is 9.39. The summed E-state index contributed by atoms with van der Waals surface area (Å²) in [6.07, 6.45) is 0.765. The van der Waals surface area contributed by atoms with Crippen molar-refractivity contribution in [3.8, 4) is 5.75 Å². The quantitative estimate of drug-likeness (QED) is 0.744. The van der Waals surface area contributed by atoms with E-state index in [4.69, 9.17) is 5.11 Å². The van der Waals surface area contributed by atoms with E-state index in [2.05, 4.69) is 4.90 Å². The van der Waals surface area contributed by atoms with Crippen molar-refractivity contribution in [2.24, 2.45) is 0 Å². The second-order valence-electron chi connectivity index (χ2n) is 3.83. The second kappa shape index (κ2) is 3.50. The van der Waals surface area contributed by atoms with Crippen LogP contribution in [0.4, 0.5) is 5.69 Å². The number of aliphatic hydroxyl groups is 1. The van der Waals surface area contributed by atoms with Gasteiger partial charge in [-0.25, -0.2) is 0 Å². The van der Waals surface area contributed by atoms with Crippen LogP contribution in [0.15, 0.2) is 18.2 Å². The van der Waals surface area contributed by atoms with Gasteiger partial charge in [-0.05, 0) is 30.2 Å². The fraction of sp³-hybridized carbons (Fsp3) is 0.455. The molecule has 2 N–H and O–H groups in total. The standard InChI is InChI=1S/C11H15NO2/c1-12-7-8(4-5-13)10-6-9(14)2-3-11(10)12/h2-3,6,8,13-14H,4-5,7H2,1H3. The highest BCUT2D eigenvalue weighted by Gasteiger charge is 2.25. The molecule has 1 heterocycles. The second-order valence-corrected chi connectivity index (χ2v) is 3.83. The van der Waals surface area contributed by atoms with Gasteiger partial charge >= 0.3 is 0 Å². The van der Waals surface area contributed by atoms with Gasteiger partial charge < -0.3 is 15.1 Å². The van der Waals surface area contributed by atoms with Crippen LogP contribution in [0, 0.1) is 0 Å². The van der Waals surface area contributed by atoms with Crippen molar-refractivity contribution >= 4 is 5.69 Å². The molecular formula is C11H15NO2. The Hall–Kier alpha value is -1.22. The van der Waals surface area contributed by atoms with Gasteiger partial charge in [-0.15, -0.1) is 0 Å². The van der Waals surface area contributed by atoms with Crippen molar-refractivity contribution in [3.05, 3.63) is 23.8 Å². The maximum atomic E-state index is 9.39. The molecule has 1 aromatic rings. The van der Waals surface area contributed by atoms with E-state index >= 15 is 0 Å². The Balaban J connectivity index is 2.35. The molecule has 0 amide bonds. The summed E-state index contributed by atoms with van der Waals surface area (Å²) < 4.78 is 0. The minimum Gasteiger partial charge on any atom is -0.508 e. The summed E-state index contributed by atoms with van der Waals surface area (Å²) in [5.41, 5.74) is 2.32. The molecule has 0 spiro atoms. The molecule has 1 aliphatic heterocycles. The van der Waals surface area contributed by atoms with Gasteiger partial charge in [0.25, 0.3) is 0 Å². The predicted molar refractivity (Wildman–Crippen MR) is 55.8 cm³/mol. The van der Waals surface area contributed by atoms with Crippen molar-refractivity contribution < 1.29 is 10.2 Å². The molecule has 76 valence electrons. The van der Waals surface area contributed by atoms with Crippen LogP contribution in [0.25, 0.3) is 0 Å². The van der Waals surface area contributed by atoms with E-state index in [0.29, 0.717) is 11.7 Å². The fourth-order valence-corrected chi connectivity index (χ4v) is 2.15. The summed E-state index contributed by atoms with van der Waals surface area (Å²) in [6, 6.07) is 5.44. The van der Waals surface area contributed by atoms with Crippen LogP contribution in [-0.2, 0) is 0 Å². The maximum Gasteiger partial charge on any atom is 0.116 e. The van der Waals surface area contributed by atoms with Gasteiger partial charge in [-0.2, -0.15) is 0 Å². The third kappa shape index (κ3) is 1.44. The number of aliphatic hydroxyl groups excluding tert-OH is 1. The summed E-state index contributed by atoms with van der Waals surface area (Å²) in [6.45, 7) is 1.13. The van der Waals surface area contributed by atoms with Gasteiger partial charge in [-0.1, -0.05) is 0 Å². The third-order valence-electron chi connectivity index (χ3n) is 2.83. The molecule has 0 fully saturated rings. The van der Waals surface area contributed by atoms with Crippen LogP contribution in [0.2, 0.25) is 0 Å². The Labute approximate surface area is 83.6 Å². The molecule has 0 saturated heterocycles. The summed E-state index contributed by atoms with van der Waals surface area (Å²) >= 11 is 0. The summed E-state index contributed by atoms with van der Waals surface area (Å²) in [5.74, 6) is 0.661. The van der Waals surface area contributed by atoms with Crippen molar-refractivity contribution in [2.45, 2.75) is 12.3 Å². The number of benzene rings is 1. The first-order chi connectivity index (χ1) is 6.72. The number of likely N-dealkylation sites (N-methyl/N-ethyl adjacent to an activating group) is 1. The Morgan fingerprint density at radius 2 is 2.29 bits per heavy atom. The number of phenols is 1. The third-order valence-corrected chi connectivity index (χ3v) is 2.83. The van der Waals surface area contributed by atoms with Crippen LogP contribution in [-0.4, -0.2) is 30.4 Å². The molecule has 3 nitrogen and oxygen atoms in total. The van der Waals surface area contributed by atoms with E-state index in [0.717, 1.165) is 18.5 Å². The highest BCUT2D eigenvalue weighted by molar-refractivity contribution is 5.61. The lowest BCUT2D eigenvalue weighted by Crippen LogP contribution is -2.15. The number of anilines is 1. The molecule has 0 aromatic heterocycles. The minimum absolute atomic E-state index is 0.202. The Morgan fingerprint density at radius 3 is 3.00 bits per heavy atom. The smallest absolute Gasteiger partial charge is 0.116 e. The van der Waals surface area contributed by atoms with E-state index in [9.17, 15) is 5.11 Å². The van der Waals surface area contributed by atoms with Crippen molar-refractivity contribution in [3.63, 3.8) is 0 Å². The molecule has 14 heavy (non-hydrogen) atoms. The first kappa shape index (κ1) is 9.34. The average Bonchev–Trinajstić information content (AvgIpc) is 2.44. The van der Waals surface area contributed by atoms with Crippen LogP contribution in [0.1, 0.15) is 17.9 Å². The van der Waals surface area contributed by atoms with Crippen LogP contribution in [0.3, 0.4) is 0 Å². The lowest BCUT2D eigenvalue weighted by Gasteiger charge is -2.11. The number of fused-ring (bicyclic) bond motifs is 1. The highest BCUT2D eigenvalue weighted by atomic mass is 16.3. The zero-order chi connectivity index (χ0) is 10.1. The zero-order valence-electron chi connectivity index (χ0n) is 8.27. The van der Waals surface area contributed by atoms with Gasteiger partial charge in [0.1, 0.15) is 5.75 Å². The van der Waals surface area contributed by atoms with Gasteiger partial charge in [-0.3, -0.25) is 0 Å². The molecule has 1 aliphatic rings. The molecule has 3 heteroatoms. The van der Waals surface area contributed by atoms with Gasteiger partial charge in [0.2, 0.25) is 0 Å². The first-order valence-electron chi connectivity index (χ1n) is 4.87. The molecule has 0 saturated carbocycles. The lowest BCUT2D eigenvalue weighted by molar-refractivity contribution is 0.278. The molecular weight excluding hydrogens is 178 g/mol. The normalized spacial score (nSPS) is 19.9. The number of aromatic hydroxyl groups is 1. The van der Waals surface area contributed by atoms with Gasteiger partial charge in [0.15, 0.2) is 0 Å². The molecule has 0 aliphatic carbocycles. The number of rotatable bonds is 2. The lowest BCUT2D eigenvalue weighted by atomic mass is 9.98. The van der Waals surface area contributed by atoms with E-state index in [-0.39, 0.29) is 6.61 Å². The Bertz CT molecular complexity index is 338. The number of hydrogen-bond acceptors (Lipinski definition) is 3. The monoisotopic (exact) mass is 193 g/mol. The van der Waals surface area contributed by atoms with Crippen molar-refractivity contribution in [1.29, 1.82) is 0 Å². The molecule has 0 bridgehead atoms. The molecule has 1 atom stereocenters. The topological polar surface area (TPSA) is 43.7 Å². The molecule has 2 rings (SSSR count). The highest BCUT2D eigenvalue weighted by Crippen LogP contribution is 2.38. The van der Waals surface area contributed by atoms with E-state index in [1.165, 1.54) is 5.69 Å². The number of nitrogens with zero attached hydrogens (tertiary/aromatic N) is 1. The van der Waals surface area contributed by atoms with E-state index in [1.54, 1.807) is 12.1 Å². The number of phenolic OH excluding ortho intramolecular Hbond substituents is 1. The zero-order valence-corrected chi connectivity index (χ0v) is 8.27. The van der Waals surface area contributed by atoms with E-state index in [1.807, 2.05) is 13.1 Å². The minimum atomic E-state index is 0.202. The van der Waals surface area contributed by atoms with Crippen molar-refractivity contribution in [1.82, 2.24) is 0 Å². The Morgan fingerprint density at radius 1 is 1.50 bits per heavy atom. The number of hydrogen-bond donors (Lipinski definition) is 2. The summed E-state index contributed by atoms with van der Waals surface area (Å²) in [5, 5.41) is 18.3. The van der Waals surface area contributed by atoms with Crippen LogP contribution >= 0.6 is 0 Å². The average molecular weight is 193 g/mol. The van der Waals surface area contributed by atoms with Crippen LogP contribution in [0.5, 0.6) is 5.75 Å². The summed E-state index contributed by atoms with van der Waals surface area (Å²) in [7, 11) is 2.03. The molecule has 1 unspecified atom stereocenters. The van der Waals surface area contributed by atoms with E-state index < -0.39 is 0 Å². The molecule has 1 aromatic carbocycles. The fourth-order valence-electron chi connectivity index (χ4n) is 2.15. The Kier molecular flexibility index (Phi) is 2.33. The first-order valence-corrected chi connectivity index (χ1v) is 4.87. The SMILES string of the molecule is CN1CC(CCO)c2cc(O)ccc21. The van der Waals surface area contributed by atoms with Gasteiger partial charge in [0, 0.05) is 31.8 Å². The largest absolute Gasteiger partial charge is 0.508 e. The van der Waals surface area contributed by atoms with Crippen LogP contribution < -0.4 is 4.90 Å². The summed E-state index contributed by atoms with van der Waals surface area (Å²) in [4.78, 5) is 2.16. The van der Waals surface area contributed by atoms with Gasteiger partial charge in [0.05, 0.1) is 0 Å². The predicted octanol–water partition coefficient (Wildman–Crippen LogP) is 1.31. The molecule has 0 radical (unpaired) electrons. The van der Waals surface area contributed by atoms with Crippen molar-refractivity contribution in [2.75, 3.05) is 25.1 Å².